The highest BCUT2D eigenvalue weighted by Gasteiger charge is 2.08. The first-order valence-electron chi connectivity index (χ1n) is 5.44. The van der Waals surface area contributed by atoms with Gasteiger partial charge in [0.15, 0.2) is 0 Å². The van der Waals surface area contributed by atoms with Crippen LogP contribution in [0.15, 0.2) is 0 Å². The van der Waals surface area contributed by atoms with Gasteiger partial charge in [-0.25, -0.2) is 0 Å². The molecule has 0 radical (unpaired) electrons. The highest BCUT2D eigenvalue weighted by Crippen LogP contribution is 2.12. The Kier molecular flexibility index (Phi) is 5.37. The summed E-state index contributed by atoms with van der Waals surface area (Å²) in [6.45, 7) is 6.30. The van der Waals surface area contributed by atoms with Gasteiger partial charge in [-0.1, -0.05) is 6.92 Å². The van der Waals surface area contributed by atoms with E-state index in [0.717, 1.165) is 0 Å². The molecule has 1 atom stereocenters. The molecule has 1 aromatic rings. The highest BCUT2D eigenvalue weighted by molar-refractivity contribution is 6.28. The van der Waals surface area contributed by atoms with Crippen LogP contribution in [0.2, 0.25) is 5.28 Å². The van der Waals surface area contributed by atoms with Gasteiger partial charge in [-0.15, -0.1) is 0 Å². The fourth-order valence-corrected chi connectivity index (χ4v) is 1.16. The lowest BCUT2D eigenvalue weighted by molar-refractivity contribution is 0.221. The molecule has 0 aliphatic heterocycles. The number of ether oxygens (including phenoxy) is 1. The van der Waals surface area contributed by atoms with Crippen LogP contribution < -0.4 is 10.1 Å². The monoisotopic (exact) mass is 260 g/mol. The SMILES string of the molecule is CC(CO)CNc1nc(Cl)nc(OC(C)C)n1. The molecule has 1 unspecified atom stereocenters. The van der Waals surface area contributed by atoms with Crippen molar-refractivity contribution in [3.63, 3.8) is 0 Å². The second-order valence-corrected chi connectivity index (χ2v) is 4.38. The topological polar surface area (TPSA) is 80.2 Å². The first-order chi connectivity index (χ1) is 8.01. The quantitative estimate of drug-likeness (QED) is 0.804. The molecule has 1 rings (SSSR count). The number of aliphatic hydroxyl groups excluding tert-OH is 1. The van der Waals surface area contributed by atoms with Crippen molar-refractivity contribution in [2.45, 2.75) is 26.9 Å². The van der Waals surface area contributed by atoms with E-state index in [1.807, 2.05) is 20.8 Å². The largest absolute Gasteiger partial charge is 0.461 e. The summed E-state index contributed by atoms with van der Waals surface area (Å²) in [4.78, 5) is 11.8. The van der Waals surface area contributed by atoms with Crippen LogP contribution in [0.3, 0.4) is 0 Å². The van der Waals surface area contributed by atoms with Crippen LogP contribution in [-0.4, -0.2) is 39.3 Å². The summed E-state index contributed by atoms with van der Waals surface area (Å²) in [6.07, 6.45) is -0.0299. The number of aliphatic hydroxyl groups is 1. The van der Waals surface area contributed by atoms with Gasteiger partial charge in [0.2, 0.25) is 11.2 Å². The smallest absolute Gasteiger partial charge is 0.322 e. The van der Waals surface area contributed by atoms with E-state index < -0.39 is 0 Å². The maximum absolute atomic E-state index is 8.90. The van der Waals surface area contributed by atoms with Gasteiger partial charge in [-0.3, -0.25) is 0 Å². The van der Waals surface area contributed by atoms with Crippen molar-refractivity contribution in [2.24, 2.45) is 5.92 Å². The number of anilines is 1. The van der Waals surface area contributed by atoms with Crippen molar-refractivity contribution < 1.29 is 9.84 Å². The molecular weight excluding hydrogens is 244 g/mol. The Morgan fingerprint density at radius 1 is 1.29 bits per heavy atom. The Labute approximate surface area is 105 Å². The van der Waals surface area contributed by atoms with E-state index in [9.17, 15) is 0 Å². The Morgan fingerprint density at radius 2 is 2.00 bits per heavy atom. The molecule has 96 valence electrons. The van der Waals surface area contributed by atoms with Crippen molar-refractivity contribution >= 4 is 17.5 Å². The molecule has 0 fully saturated rings. The van der Waals surface area contributed by atoms with Crippen LogP contribution >= 0.6 is 11.6 Å². The molecular formula is C10H17ClN4O2. The van der Waals surface area contributed by atoms with E-state index in [2.05, 4.69) is 20.3 Å². The highest BCUT2D eigenvalue weighted by atomic mass is 35.5. The lowest BCUT2D eigenvalue weighted by Crippen LogP contribution is -2.17. The summed E-state index contributed by atoms with van der Waals surface area (Å²) in [5.74, 6) is 0.459. The van der Waals surface area contributed by atoms with Crippen LogP contribution in [0, 0.1) is 5.92 Å². The Bertz CT molecular complexity index is 362. The number of nitrogens with zero attached hydrogens (tertiary/aromatic N) is 3. The van der Waals surface area contributed by atoms with E-state index in [4.69, 9.17) is 21.4 Å². The minimum atomic E-state index is -0.0299. The number of hydrogen-bond acceptors (Lipinski definition) is 6. The first-order valence-corrected chi connectivity index (χ1v) is 5.82. The fourth-order valence-electron chi connectivity index (χ4n) is 1.00. The Balaban J connectivity index is 2.68. The predicted molar refractivity (Wildman–Crippen MR) is 65.3 cm³/mol. The molecule has 0 spiro atoms. The van der Waals surface area contributed by atoms with E-state index in [-0.39, 0.29) is 29.9 Å². The number of aromatic nitrogens is 3. The van der Waals surface area contributed by atoms with Crippen molar-refractivity contribution in [1.82, 2.24) is 15.0 Å². The maximum atomic E-state index is 8.90. The number of rotatable bonds is 6. The Hall–Kier alpha value is -1.14. The summed E-state index contributed by atoms with van der Waals surface area (Å²) < 4.78 is 5.33. The maximum Gasteiger partial charge on any atom is 0.322 e. The first kappa shape index (κ1) is 13.9. The van der Waals surface area contributed by atoms with Crippen LogP contribution in [0.5, 0.6) is 6.01 Å². The van der Waals surface area contributed by atoms with Gasteiger partial charge < -0.3 is 15.2 Å². The van der Waals surface area contributed by atoms with Gasteiger partial charge >= 0.3 is 6.01 Å². The van der Waals surface area contributed by atoms with Gasteiger partial charge in [0.05, 0.1) is 6.10 Å². The van der Waals surface area contributed by atoms with Crippen LogP contribution in [0.1, 0.15) is 20.8 Å². The summed E-state index contributed by atoms with van der Waals surface area (Å²) >= 11 is 5.75. The van der Waals surface area contributed by atoms with E-state index in [1.54, 1.807) is 0 Å². The summed E-state index contributed by atoms with van der Waals surface area (Å²) in [6, 6.07) is 0.194. The van der Waals surface area contributed by atoms with E-state index in [1.165, 1.54) is 0 Å². The van der Waals surface area contributed by atoms with Crippen molar-refractivity contribution in [2.75, 3.05) is 18.5 Å². The standard InChI is InChI=1S/C10H17ClN4O2/c1-6(2)17-10-14-8(11)13-9(15-10)12-4-7(3)5-16/h6-7,16H,4-5H2,1-3H3,(H,12,13,14,15). The fraction of sp³-hybridized carbons (Fsp3) is 0.700. The zero-order valence-corrected chi connectivity index (χ0v) is 10.9. The summed E-state index contributed by atoms with van der Waals surface area (Å²) in [5, 5.41) is 11.9. The average molecular weight is 261 g/mol. The van der Waals surface area contributed by atoms with Crippen LogP contribution in [0.25, 0.3) is 0 Å². The zero-order chi connectivity index (χ0) is 12.8. The lowest BCUT2D eigenvalue weighted by atomic mass is 10.2. The molecule has 0 bridgehead atoms. The minimum absolute atomic E-state index is 0.0299. The predicted octanol–water partition coefficient (Wildman–Crippen LogP) is 1.35. The molecule has 1 heterocycles. The molecule has 0 saturated heterocycles. The van der Waals surface area contributed by atoms with E-state index >= 15 is 0 Å². The van der Waals surface area contributed by atoms with Crippen molar-refractivity contribution in [3.05, 3.63) is 5.28 Å². The van der Waals surface area contributed by atoms with Gasteiger partial charge in [0.25, 0.3) is 0 Å². The Morgan fingerprint density at radius 3 is 2.59 bits per heavy atom. The zero-order valence-electron chi connectivity index (χ0n) is 10.1. The van der Waals surface area contributed by atoms with Gasteiger partial charge in [-0.05, 0) is 31.4 Å². The molecule has 0 aliphatic rings. The molecule has 0 aromatic carbocycles. The third kappa shape index (κ3) is 5.14. The van der Waals surface area contributed by atoms with Crippen LogP contribution in [0.4, 0.5) is 5.95 Å². The third-order valence-corrected chi connectivity index (χ3v) is 2.02. The summed E-state index contributed by atoms with van der Waals surface area (Å²) in [7, 11) is 0. The molecule has 0 amide bonds. The van der Waals surface area contributed by atoms with E-state index in [0.29, 0.717) is 12.5 Å². The van der Waals surface area contributed by atoms with Crippen molar-refractivity contribution in [3.8, 4) is 6.01 Å². The van der Waals surface area contributed by atoms with Crippen molar-refractivity contribution in [1.29, 1.82) is 0 Å². The number of nitrogens with one attached hydrogen (secondary N) is 1. The molecule has 1 aromatic heterocycles. The molecule has 17 heavy (non-hydrogen) atoms. The third-order valence-electron chi connectivity index (χ3n) is 1.85. The average Bonchev–Trinajstić information content (AvgIpc) is 2.24. The second-order valence-electron chi connectivity index (χ2n) is 4.05. The lowest BCUT2D eigenvalue weighted by Gasteiger charge is -2.11. The van der Waals surface area contributed by atoms with Gasteiger partial charge in [0.1, 0.15) is 0 Å². The van der Waals surface area contributed by atoms with Gasteiger partial charge in [0, 0.05) is 13.2 Å². The minimum Gasteiger partial charge on any atom is -0.461 e. The molecule has 2 N–H and O–H groups in total. The number of halogens is 1. The number of hydrogen-bond donors (Lipinski definition) is 2. The normalized spacial score (nSPS) is 12.6. The van der Waals surface area contributed by atoms with Crippen LogP contribution in [-0.2, 0) is 0 Å². The summed E-state index contributed by atoms with van der Waals surface area (Å²) in [5.41, 5.74) is 0. The second kappa shape index (κ2) is 6.56. The molecule has 0 saturated carbocycles. The molecule has 7 heteroatoms. The molecule has 0 aliphatic carbocycles. The molecule has 6 nitrogen and oxygen atoms in total. The van der Waals surface area contributed by atoms with Gasteiger partial charge in [-0.2, -0.15) is 15.0 Å².